The van der Waals surface area contributed by atoms with Crippen molar-refractivity contribution >= 4 is 23.4 Å². The second-order valence-corrected chi connectivity index (χ2v) is 7.92. The van der Waals surface area contributed by atoms with Crippen LogP contribution in [0.4, 0.5) is 14.6 Å². The van der Waals surface area contributed by atoms with Crippen LogP contribution in [0.2, 0.25) is 0 Å². The molecule has 3 rings (SSSR count). The topological polar surface area (TPSA) is 143 Å². The molecule has 0 radical (unpaired) electrons. The number of nitrogens with zero attached hydrogens (tertiary/aromatic N) is 3. The lowest BCUT2D eigenvalue weighted by Gasteiger charge is -2.21. The van der Waals surface area contributed by atoms with E-state index in [2.05, 4.69) is 25.6 Å². The lowest BCUT2D eigenvalue weighted by Crippen LogP contribution is -2.39. The SMILES string of the molecule is CC(C)(O)CN=C/C(=C\N)c1cnc(NC2=CC(N)N=C(C(F)F)N2)cc1OC1CC1. The van der Waals surface area contributed by atoms with Crippen molar-refractivity contribution in [3.05, 3.63) is 35.9 Å². The number of aliphatic hydroxyl groups is 1. The quantitative estimate of drug-likeness (QED) is 0.371. The number of pyridine rings is 1. The van der Waals surface area contributed by atoms with Gasteiger partial charge in [-0.25, -0.2) is 18.8 Å². The third-order valence-electron chi connectivity index (χ3n) is 4.24. The Labute approximate surface area is 179 Å². The number of ether oxygens (including phenoxy) is 1. The Hall–Kier alpha value is -3.05. The van der Waals surface area contributed by atoms with Crippen LogP contribution < -0.4 is 26.8 Å². The second kappa shape index (κ2) is 9.40. The van der Waals surface area contributed by atoms with Crippen molar-refractivity contribution in [2.24, 2.45) is 21.5 Å². The molecule has 0 saturated heterocycles. The van der Waals surface area contributed by atoms with Crippen LogP contribution in [0.25, 0.3) is 5.57 Å². The Bertz CT molecular complexity index is 919. The van der Waals surface area contributed by atoms with E-state index in [0.717, 1.165) is 12.8 Å². The largest absolute Gasteiger partial charge is 0.490 e. The first-order valence-electron chi connectivity index (χ1n) is 9.83. The van der Waals surface area contributed by atoms with Crippen LogP contribution in [0.5, 0.6) is 5.75 Å². The van der Waals surface area contributed by atoms with Crippen LogP contribution in [0.3, 0.4) is 0 Å². The van der Waals surface area contributed by atoms with Gasteiger partial charge in [0.1, 0.15) is 23.6 Å². The molecular formula is C20H27F2N7O2. The highest BCUT2D eigenvalue weighted by Gasteiger charge is 2.26. The summed E-state index contributed by atoms with van der Waals surface area (Å²) in [5, 5.41) is 15.3. The Morgan fingerprint density at radius 1 is 1.48 bits per heavy atom. The summed E-state index contributed by atoms with van der Waals surface area (Å²) >= 11 is 0. The predicted molar refractivity (Wildman–Crippen MR) is 116 cm³/mol. The van der Waals surface area contributed by atoms with E-state index < -0.39 is 24.0 Å². The van der Waals surface area contributed by atoms with Gasteiger partial charge in [0.2, 0.25) is 0 Å². The molecule has 1 atom stereocenters. The first-order valence-corrected chi connectivity index (χ1v) is 9.83. The standard InChI is InChI=1S/C20H27F2N7O2/c1-20(2,30)10-25-8-11(7-23)13-9-26-16(5-14(13)31-12-3-4-12)28-17-6-15(24)27-19(29-17)18(21)22/h5-9,12,15,18,30H,3-4,10,23-24H2,1-2H3,(H,26,28)(H,27,29)/b11-7+,25-8?. The zero-order chi connectivity index (χ0) is 22.6. The number of halogens is 2. The maximum atomic E-state index is 13.0. The number of aromatic nitrogens is 1. The molecular weight excluding hydrogens is 408 g/mol. The van der Waals surface area contributed by atoms with Crippen molar-refractivity contribution < 1.29 is 18.6 Å². The molecule has 1 saturated carbocycles. The molecule has 1 fully saturated rings. The fourth-order valence-corrected chi connectivity index (χ4v) is 2.66. The molecule has 7 N–H and O–H groups in total. The molecule has 0 spiro atoms. The van der Waals surface area contributed by atoms with Crippen molar-refractivity contribution in [1.82, 2.24) is 10.3 Å². The van der Waals surface area contributed by atoms with E-state index in [1.54, 1.807) is 32.3 Å². The highest BCUT2D eigenvalue weighted by Crippen LogP contribution is 2.33. The van der Waals surface area contributed by atoms with Gasteiger partial charge in [-0.15, -0.1) is 0 Å². The Morgan fingerprint density at radius 3 is 2.84 bits per heavy atom. The Kier molecular flexibility index (Phi) is 6.86. The van der Waals surface area contributed by atoms with Gasteiger partial charge in [-0.2, -0.15) is 0 Å². The summed E-state index contributed by atoms with van der Waals surface area (Å²) < 4.78 is 32.0. The van der Waals surface area contributed by atoms with E-state index in [0.29, 0.717) is 22.7 Å². The summed E-state index contributed by atoms with van der Waals surface area (Å²) in [4.78, 5) is 12.2. The molecule has 168 valence electrons. The summed E-state index contributed by atoms with van der Waals surface area (Å²) in [6.07, 6.45) is 4.26. The smallest absolute Gasteiger partial charge is 0.295 e. The average Bonchev–Trinajstić information content (AvgIpc) is 3.49. The zero-order valence-corrected chi connectivity index (χ0v) is 17.3. The molecule has 0 aromatic carbocycles. The highest BCUT2D eigenvalue weighted by molar-refractivity contribution is 6.10. The number of nitrogens with one attached hydrogen (secondary N) is 2. The zero-order valence-electron chi connectivity index (χ0n) is 17.3. The molecule has 2 aliphatic rings. The van der Waals surface area contributed by atoms with E-state index in [1.165, 1.54) is 12.3 Å². The van der Waals surface area contributed by atoms with Crippen molar-refractivity contribution in [1.29, 1.82) is 0 Å². The third kappa shape index (κ3) is 6.72. The van der Waals surface area contributed by atoms with Crippen LogP contribution in [0.1, 0.15) is 32.3 Å². The van der Waals surface area contributed by atoms with E-state index in [4.69, 9.17) is 16.2 Å². The maximum absolute atomic E-state index is 13.0. The van der Waals surface area contributed by atoms with Gasteiger partial charge in [0.25, 0.3) is 6.43 Å². The number of hydrogen-bond acceptors (Lipinski definition) is 9. The number of allylic oxidation sites excluding steroid dienone is 1. The molecule has 1 aliphatic carbocycles. The molecule has 11 heteroatoms. The number of anilines is 1. The van der Waals surface area contributed by atoms with Crippen molar-refractivity contribution in [2.75, 3.05) is 11.9 Å². The number of nitrogens with two attached hydrogens (primary N) is 2. The summed E-state index contributed by atoms with van der Waals surface area (Å²) in [7, 11) is 0. The Balaban J connectivity index is 1.81. The molecule has 1 aliphatic heterocycles. The summed E-state index contributed by atoms with van der Waals surface area (Å²) in [5.74, 6) is 0.622. The molecule has 0 amide bonds. The number of amidine groups is 1. The molecule has 1 unspecified atom stereocenters. The minimum Gasteiger partial charge on any atom is -0.490 e. The lowest BCUT2D eigenvalue weighted by atomic mass is 10.1. The van der Waals surface area contributed by atoms with Crippen LogP contribution in [-0.2, 0) is 0 Å². The minimum atomic E-state index is -2.78. The fourth-order valence-electron chi connectivity index (χ4n) is 2.66. The number of aliphatic imine (C=N–C) groups is 2. The predicted octanol–water partition coefficient (Wildman–Crippen LogP) is 1.57. The molecule has 1 aromatic heterocycles. The van der Waals surface area contributed by atoms with Crippen molar-refractivity contribution in [3.63, 3.8) is 0 Å². The monoisotopic (exact) mass is 435 g/mol. The number of alkyl halides is 2. The van der Waals surface area contributed by atoms with Gasteiger partial charge in [0.05, 0.1) is 18.2 Å². The van der Waals surface area contributed by atoms with Gasteiger partial charge in [-0.1, -0.05) is 0 Å². The fraction of sp³-hybridized carbons (Fsp3) is 0.450. The van der Waals surface area contributed by atoms with Gasteiger partial charge < -0.3 is 31.9 Å². The summed E-state index contributed by atoms with van der Waals surface area (Å²) in [5.41, 5.74) is 11.7. The van der Waals surface area contributed by atoms with Gasteiger partial charge in [0, 0.05) is 35.8 Å². The van der Waals surface area contributed by atoms with Crippen LogP contribution in [-0.4, -0.2) is 53.0 Å². The molecule has 1 aromatic rings. The summed E-state index contributed by atoms with van der Waals surface area (Å²) in [6.45, 7) is 3.51. The molecule has 9 nitrogen and oxygen atoms in total. The molecule has 0 bridgehead atoms. The lowest BCUT2D eigenvalue weighted by molar-refractivity contribution is 0.0906. The van der Waals surface area contributed by atoms with Gasteiger partial charge in [-0.05, 0) is 32.8 Å². The van der Waals surface area contributed by atoms with Crippen LogP contribution in [0, 0.1) is 0 Å². The normalized spacial score (nSPS) is 19.8. The van der Waals surface area contributed by atoms with Gasteiger partial charge in [0.15, 0.2) is 5.84 Å². The first kappa shape index (κ1) is 22.6. The van der Waals surface area contributed by atoms with E-state index >= 15 is 0 Å². The van der Waals surface area contributed by atoms with Gasteiger partial charge in [-0.3, -0.25) is 4.99 Å². The van der Waals surface area contributed by atoms with E-state index in [-0.39, 0.29) is 18.5 Å². The molecule has 31 heavy (non-hydrogen) atoms. The van der Waals surface area contributed by atoms with Crippen molar-refractivity contribution in [2.45, 2.75) is 51.0 Å². The second-order valence-electron chi connectivity index (χ2n) is 7.92. The maximum Gasteiger partial charge on any atom is 0.295 e. The van der Waals surface area contributed by atoms with Crippen LogP contribution in [0.15, 0.2) is 40.3 Å². The highest BCUT2D eigenvalue weighted by atomic mass is 19.3. The number of rotatable bonds is 9. The van der Waals surface area contributed by atoms with E-state index in [9.17, 15) is 13.9 Å². The minimum absolute atomic E-state index is 0.0966. The van der Waals surface area contributed by atoms with E-state index in [1.807, 2.05) is 0 Å². The summed E-state index contributed by atoms with van der Waals surface area (Å²) in [6, 6.07) is 1.66. The van der Waals surface area contributed by atoms with Crippen molar-refractivity contribution in [3.8, 4) is 5.75 Å². The van der Waals surface area contributed by atoms with Crippen LogP contribution >= 0.6 is 0 Å². The Morgan fingerprint density at radius 2 is 2.23 bits per heavy atom. The average molecular weight is 435 g/mol. The number of hydrogen-bond donors (Lipinski definition) is 5. The molecule has 2 heterocycles. The van der Waals surface area contributed by atoms with Gasteiger partial charge >= 0.3 is 0 Å². The third-order valence-corrected chi connectivity index (χ3v) is 4.24. The first-order chi connectivity index (χ1) is 14.6.